The minimum atomic E-state index is -3.84. The maximum Gasteiger partial charge on any atom is 0.245 e. The second-order valence-electron chi connectivity index (χ2n) is 3.63. The van der Waals surface area contributed by atoms with E-state index in [2.05, 4.69) is 0 Å². The van der Waals surface area contributed by atoms with Crippen molar-refractivity contribution >= 4 is 21.6 Å². The van der Waals surface area contributed by atoms with Gasteiger partial charge in [-0.3, -0.25) is 4.79 Å². The lowest BCUT2D eigenvalue weighted by molar-refractivity contribution is -0.118. The van der Waals surface area contributed by atoms with E-state index in [1.165, 1.54) is 32.4 Å². The number of nitrogens with two attached hydrogens (primary N) is 2. The molecule has 7 nitrogen and oxygen atoms in total. The van der Waals surface area contributed by atoms with Crippen molar-refractivity contribution in [3.05, 3.63) is 18.2 Å². The van der Waals surface area contributed by atoms with Crippen LogP contribution in [0.15, 0.2) is 23.1 Å². The van der Waals surface area contributed by atoms with Crippen LogP contribution in [0.2, 0.25) is 0 Å². The van der Waals surface area contributed by atoms with Crippen LogP contribution in [0, 0.1) is 0 Å². The van der Waals surface area contributed by atoms with Crippen LogP contribution >= 0.6 is 0 Å². The van der Waals surface area contributed by atoms with Gasteiger partial charge < -0.3 is 16.2 Å². The normalized spacial score (nSPS) is 11.5. The molecule has 0 aromatic heterocycles. The summed E-state index contributed by atoms with van der Waals surface area (Å²) in [5.41, 5.74) is 10.7. The first-order chi connectivity index (χ1) is 8.28. The number of anilines is 1. The SMILES string of the molecule is COc1ccc(S(=O)(=O)N(C)CC(N)=O)c(N)c1. The molecule has 0 aliphatic heterocycles. The second kappa shape index (κ2) is 5.23. The van der Waals surface area contributed by atoms with E-state index in [9.17, 15) is 13.2 Å². The Balaban J connectivity index is 3.16. The number of nitrogen functional groups attached to an aromatic ring is 1. The molecule has 0 saturated carbocycles. The van der Waals surface area contributed by atoms with Crippen LogP contribution in [-0.4, -0.2) is 39.3 Å². The molecule has 0 radical (unpaired) electrons. The smallest absolute Gasteiger partial charge is 0.245 e. The van der Waals surface area contributed by atoms with Crippen LogP contribution in [0.4, 0.5) is 5.69 Å². The minimum Gasteiger partial charge on any atom is -0.497 e. The summed E-state index contributed by atoms with van der Waals surface area (Å²) in [5.74, 6) is -0.294. The number of ether oxygens (including phenoxy) is 1. The fraction of sp³-hybridized carbons (Fsp3) is 0.300. The number of hydrogen-bond donors (Lipinski definition) is 2. The third-order valence-electron chi connectivity index (χ3n) is 2.28. The number of benzene rings is 1. The number of carbonyl (C=O) groups is 1. The van der Waals surface area contributed by atoms with Gasteiger partial charge in [-0.2, -0.15) is 4.31 Å². The zero-order valence-corrected chi connectivity index (χ0v) is 10.9. The summed E-state index contributed by atoms with van der Waals surface area (Å²) in [4.78, 5) is 10.6. The molecule has 0 atom stereocenters. The topological polar surface area (TPSA) is 116 Å². The Morgan fingerprint density at radius 3 is 2.50 bits per heavy atom. The summed E-state index contributed by atoms with van der Waals surface area (Å²) in [7, 11) is -1.14. The first-order valence-electron chi connectivity index (χ1n) is 4.97. The number of likely N-dealkylation sites (N-methyl/N-ethyl adjacent to an activating group) is 1. The van der Waals surface area contributed by atoms with Crippen LogP contribution < -0.4 is 16.2 Å². The number of hydrogen-bond acceptors (Lipinski definition) is 5. The molecule has 4 N–H and O–H groups in total. The Kier molecular flexibility index (Phi) is 4.15. The van der Waals surface area contributed by atoms with Crippen LogP contribution in [0.5, 0.6) is 5.75 Å². The van der Waals surface area contributed by atoms with Crippen molar-refractivity contribution in [1.29, 1.82) is 0 Å². The fourth-order valence-electron chi connectivity index (χ4n) is 1.36. The maximum atomic E-state index is 12.1. The summed E-state index contributed by atoms with van der Waals surface area (Å²) < 4.78 is 29.9. The van der Waals surface area contributed by atoms with Crippen LogP contribution in [-0.2, 0) is 14.8 Å². The lowest BCUT2D eigenvalue weighted by Gasteiger charge is -2.17. The average Bonchev–Trinajstić information content (AvgIpc) is 2.27. The number of methoxy groups -OCH3 is 1. The van der Waals surface area contributed by atoms with E-state index < -0.39 is 22.5 Å². The molecule has 1 rings (SSSR count). The Morgan fingerprint density at radius 2 is 2.06 bits per heavy atom. The van der Waals surface area contributed by atoms with E-state index >= 15 is 0 Å². The Morgan fingerprint density at radius 1 is 1.44 bits per heavy atom. The van der Waals surface area contributed by atoms with Gasteiger partial charge in [0.15, 0.2) is 0 Å². The highest BCUT2D eigenvalue weighted by Gasteiger charge is 2.24. The minimum absolute atomic E-state index is 0.0469. The highest BCUT2D eigenvalue weighted by molar-refractivity contribution is 7.89. The summed E-state index contributed by atoms with van der Waals surface area (Å²) in [5, 5.41) is 0. The highest BCUT2D eigenvalue weighted by Crippen LogP contribution is 2.25. The number of carbonyl (C=O) groups excluding carboxylic acids is 1. The lowest BCUT2D eigenvalue weighted by atomic mass is 10.3. The number of rotatable bonds is 5. The van der Waals surface area contributed by atoms with Crippen molar-refractivity contribution in [2.75, 3.05) is 26.4 Å². The lowest BCUT2D eigenvalue weighted by Crippen LogP contribution is -2.35. The predicted molar refractivity (Wildman–Crippen MR) is 66.4 cm³/mol. The number of primary amides is 1. The van der Waals surface area contributed by atoms with E-state index in [-0.39, 0.29) is 10.6 Å². The second-order valence-corrected chi connectivity index (χ2v) is 5.64. The van der Waals surface area contributed by atoms with Crippen molar-refractivity contribution in [3.8, 4) is 5.75 Å². The Bertz CT molecular complexity index is 556. The van der Waals surface area contributed by atoms with Crippen molar-refractivity contribution in [1.82, 2.24) is 4.31 Å². The molecule has 18 heavy (non-hydrogen) atoms. The van der Waals surface area contributed by atoms with Gasteiger partial charge in [-0.25, -0.2) is 8.42 Å². The third-order valence-corrected chi connectivity index (χ3v) is 4.16. The molecule has 0 heterocycles. The molecule has 1 aromatic carbocycles. The molecule has 0 saturated heterocycles. The van der Waals surface area contributed by atoms with Crippen molar-refractivity contribution in [2.45, 2.75) is 4.90 Å². The summed E-state index contributed by atoms with van der Waals surface area (Å²) in [6, 6.07) is 4.19. The van der Waals surface area contributed by atoms with E-state index in [1.54, 1.807) is 0 Å². The van der Waals surface area contributed by atoms with Gasteiger partial charge in [-0.15, -0.1) is 0 Å². The highest BCUT2D eigenvalue weighted by atomic mass is 32.2. The molecule has 0 fully saturated rings. The Labute approximate surface area is 105 Å². The molecular formula is C10H15N3O4S. The molecule has 1 aromatic rings. The summed E-state index contributed by atoms with van der Waals surface area (Å²) in [6.07, 6.45) is 0. The van der Waals surface area contributed by atoms with Crippen LogP contribution in [0.3, 0.4) is 0 Å². The van der Waals surface area contributed by atoms with Crippen molar-refractivity contribution in [3.63, 3.8) is 0 Å². The standard InChI is InChI=1S/C10H15N3O4S/c1-13(6-10(12)14)18(15,16)9-4-3-7(17-2)5-8(9)11/h3-5H,6,11H2,1-2H3,(H2,12,14). The predicted octanol–water partition coefficient (Wildman–Crippen LogP) is -0.617. The quantitative estimate of drug-likeness (QED) is 0.694. The van der Waals surface area contributed by atoms with Gasteiger partial charge >= 0.3 is 0 Å². The van der Waals surface area contributed by atoms with Crippen molar-refractivity contribution in [2.24, 2.45) is 5.73 Å². The first-order valence-corrected chi connectivity index (χ1v) is 6.41. The maximum absolute atomic E-state index is 12.1. The Hall–Kier alpha value is -1.80. The molecule has 0 spiro atoms. The van der Waals surface area contributed by atoms with Gasteiger partial charge in [0.25, 0.3) is 0 Å². The van der Waals surface area contributed by atoms with Gasteiger partial charge in [-0.05, 0) is 12.1 Å². The average molecular weight is 273 g/mol. The zero-order valence-electron chi connectivity index (χ0n) is 10.1. The molecule has 8 heteroatoms. The van der Waals surface area contributed by atoms with Gasteiger partial charge in [0.05, 0.1) is 19.3 Å². The van der Waals surface area contributed by atoms with Gasteiger partial charge in [0.1, 0.15) is 10.6 Å². The molecule has 0 aliphatic carbocycles. The van der Waals surface area contributed by atoms with Crippen molar-refractivity contribution < 1.29 is 17.9 Å². The van der Waals surface area contributed by atoms with Gasteiger partial charge in [0.2, 0.25) is 15.9 Å². The molecule has 0 unspecified atom stereocenters. The molecule has 0 aliphatic rings. The fourth-order valence-corrected chi connectivity index (χ4v) is 2.59. The number of amides is 1. The van der Waals surface area contributed by atoms with E-state index in [0.717, 1.165) is 4.31 Å². The van der Waals surface area contributed by atoms with E-state index in [1.807, 2.05) is 0 Å². The summed E-state index contributed by atoms with van der Waals surface area (Å²) in [6.45, 7) is -0.409. The van der Waals surface area contributed by atoms with Gasteiger partial charge in [0, 0.05) is 13.1 Å². The molecular weight excluding hydrogens is 258 g/mol. The third kappa shape index (κ3) is 2.90. The van der Waals surface area contributed by atoms with Crippen LogP contribution in [0.1, 0.15) is 0 Å². The van der Waals surface area contributed by atoms with E-state index in [0.29, 0.717) is 5.75 Å². The molecule has 1 amide bonds. The number of sulfonamides is 1. The first kappa shape index (κ1) is 14.3. The van der Waals surface area contributed by atoms with Crippen LogP contribution in [0.25, 0.3) is 0 Å². The van der Waals surface area contributed by atoms with Gasteiger partial charge in [-0.1, -0.05) is 0 Å². The monoisotopic (exact) mass is 273 g/mol. The number of nitrogens with zero attached hydrogens (tertiary/aromatic N) is 1. The largest absolute Gasteiger partial charge is 0.497 e. The zero-order chi connectivity index (χ0) is 13.9. The summed E-state index contributed by atoms with van der Waals surface area (Å²) >= 11 is 0. The van der Waals surface area contributed by atoms with E-state index in [4.69, 9.17) is 16.2 Å². The molecule has 100 valence electrons. The molecule has 0 bridgehead atoms.